The van der Waals surface area contributed by atoms with Gasteiger partial charge >= 0.3 is 0 Å². The van der Waals surface area contributed by atoms with E-state index in [1.807, 2.05) is 24.3 Å². The average molecular weight is 407 g/mol. The number of nitrogens with zero attached hydrogens (tertiary/aromatic N) is 2. The Bertz CT molecular complexity index is 490. The molecule has 2 bridgehead atoms. The topological polar surface area (TPSA) is 34.2 Å². The molecule has 3 rings (SSSR count). The van der Waals surface area contributed by atoms with Gasteiger partial charge in [0.25, 0.3) is 12.8 Å². The standard InChI is InChI=1S/C24H42N2O3/c1-5-7-9-11-13-19-25(3)23-27-21-15-17-22(18-16-21)28-24(29-23)26(4)20-14-12-10-8-6-2/h15-18,23-24H,5-14,19-20H2,1-4H3. The van der Waals surface area contributed by atoms with Crippen molar-refractivity contribution in [2.45, 2.75) is 90.9 Å². The summed E-state index contributed by atoms with van der Waals surface area (Å²) < 4.78 is 18.6. The molecule has 2 aliphatic rings. The minimum Gasteiger partial charge on any atom is -0.451 e. The second-order valence-electron chi connectivity index (χ2n) is 8.25. The lowest BCUT2D eigenvalue weighted by Gasteiger charge is -2.34. The van der Waals surface area contributed by atoms with Crippen LogP contribution in [0.25, 0.3) is 0 Å². The van der Waals surface area contributed by atoms with Crippen LogP contribution in [-0.2, 0) is 4.74 Å². The summed E-state index contributed by atoms with van der Waals surface area (Å²) in [7, 11) is 4.13. The molecule has 2 heterocycles. The van der Waals surface area contributed by atoms with Crippen LogP contribution in [-0.4, -0.2) is 49.8 Å². The SMILES string of the molecule is CCCCCCCN(C)C1Oc2ccc(cc2)OC(N(C)CCCCCCC)O1. The molecule has 1 aromatic carbocycles. The van der Waals surface area contributed by atoms with E-state index in [0.29, 0.717) is 0 Å². The fourth-order valence-electron chi connectivity index (χ4n) is 3.51. The van der Waals surface area contributed by atoms with Gasteiger partial charge in [0.1, 0.15) is 11.5 Å². The first-order chi connectivity index (χ1) is 14.1. The fraction of sp³-hybridized carbons (Fsp3) is 0.750. The van der Waals surface area contributed by atoms with E-state index in [9.17, 15) is 0 Å². The summed E-state index contributed by atoms with van der Waals surface area (Å²) in [5.74, 6) is 1.62. The Hall–Kier alpha value is -1.30. The van der Waals surface area contributed by atoms with Crippen LogP contribution in [0.1, 0.15) is 78.1 Å². The highest BCUT2D eigenvalue weighted by Gasteiger charge is 2.27. The predicted octanol–water partition coefficient (Wildman–Crippen LogP) is 5.85. The molecular formula is C24H42N2O3. The van der Waals surface area contributed by atoms with Crippen LogP contribution in [0.5, 0.6) is 11.5 Å². The largest absolute Gasteiger partial charge is 0.451 e. The molecule has 0 N–H and O–H groups in total. The monoisotopic (exact) mass is 406 g/mol. The zero-order valence-electron chi connectivity index (χ0n) is 19.1. The summed E-state index contributed by atoms with van der Waals surface area (Å²) in [6, 6.07) is 7.81. The van der Waals surface area contributed by atoms with Gasteiger partial charge < -0.3 is 9.47 Å². The van der Waals surface area contributed by atoms with E-state index in [-0.39, 0.29) is 0 Å². The average Bonchev–Trinajstić information content (AvgIpc) is 2.87. The third kappa shape index (κ3) is 8.93. The highest BCUT2D eigenvalue weighted by molar-refractivity contribution is 5.31. The Kier molecular flexibility index (Phi) is 11.4. The molecule has 2 unspecified atom stereocenters. The fourth-order valence-corrected chi connectivity index (χ4v) is 3.51. The quantitative estimate of drug-likeness (QED) is 0.362. The first-order valence-electron chi connectivity index (χ1n) is 11.6. The second kappa shape index (κ2) is 13.8. The molecule has 2 aliphatic heterocycles. The number of hydrogen-bond donors (Lipinski definition) is 0. The molecule has 2 atom stereocenters. The van der Waals surface area contributed by atoms with Gasteiger partial charge in [-0.3, -0.25) is 4.74 Å². The minimum atomic E-state index is -0.463. The maximum Gasteiger partial charge on any atom is 0.265 e. The van der Waals surface area contributed by atoms with Gasteiger partial charge in [0, 0.05) is 13.1 Å². The van der Waals surface area contributed by atoms with Crippen LogP contribution < -0.4 is 9.47 Å². The third-order valence-corrected chi connectivity index (χ3v) is 5.48. The van der Waals surface area contributed by atoms with Gasteiger partial charge in [-0.1, -0.05) is 65.2 Å². The van der Waals surface area contributed by atoms with Crippen molar-refractivity contribution in [3.05, 3.63) is 24.3 Å². The summed E-state index contributed by atoms with van der Waals surface area (Å²) in [6.45, 7) is 6.38. The van der Waals surface area contributed by atoms with Crippen LogP contribution in [0.2, 0.25) is 0 Å². The van der Waals surface area contributed by atoms with E-state index in [2.05, 4.69) is 37.7 Å². The van der Waals surface area contributed by atoms with Gasteiger partial charge in [-0.05, 0) is 51.2 Å². The molecule has 0 saturated carbocycles. The molecule has 0 radical (unpaired) electrons. The van der Waals surface area contributed by atoms with Crippen molar-refractivity contribution in [1.82, 2.24) is 9.80 Å². The number of ether oxygens (including phenoxy) is 3. The molecule has 0 spiro atoms. The van der Waals surface area contributed by atoms with Crippen molar-refractivity contribution in [3.63, 3.8) is 0 Å². The maximum atomic E-state index is 6.32. The molecule has 1 aromatic rings. The van der Waals surface area contributed by atoms with Crippen molar-refractivity contribution in [1.29, 1.82) is 0 Å². The Labute approximate surface area is 178 Å². The summed E-state index contributed by atoms with van der Waals surface area (Å²) in [4.78, 5) is 4.30. The molecule has 5 heteroatoms. The van der Waals surface area contributed by atoms with E-state index < -0.39 is 12.8 Å². The molecule has 5 nitrogen and oxygen atoms in total. The van der Waals surface area contributed by atoms with Crippen LogP contribution in [0.15, 0.2) is 24.3 Å². The summed E-state index contributed by atoms with van der Waals surface area (Å²) in [6.07, 6.45) is 11.6. The summed E-state index contributed by atoms with van der Waals surface area (Å²) >= 11 is 0. The minimum absolute atomic E-state index is 0.463. The van der Waals surface area contributed by atoms with E-state index >= 15 is 0 Å². The van der Waals surface area contributed by atoms with Crippen molar-refractivity contribution in [3.8, 4) is 11.5 Å². The molecule has 0 amide bonds. The molecule has 166 valence electrons. The molecular weight excluding hydrogens is 364 g/mol. The number of hydrogen-bond acceptors (Lipinski definition) is 5. The first kappa shape index (κ1) is 24.0. The summed E-state index contributed by atoms with van der Waals surface area (Å²) in [5.41, 5.74) is 0. The lowest BCUT2D eigenvalue weighted by Crippen LogP contribution is -2.48. The van der Waals surface area contributed by atoms with E-state index in [0.717, 1.165) is 37.4 Å². The smallest absolute Gasteiger partial charge is 0.265 e. The first-order valence-corrected chi connectivity index (χ1v) is 11.6. The number of fused-ring (bicyclic) bond motifs is 6. The Balaban J connectivity index is 1.92. The predicted molar refractivity (Wildman–Crippen MR) is 119 cm³/mol. The van der Waals surface area contributed by atoms with Crippen LogP contribution >= 0.6 is 0 Å². The van der Waals surface area contributed by atoms with Gasteiger partial charge in [-0.15, -0.1) is 0 Å². The summed E-state index contributed by atoms with van der Waals surface area (Å²) in [5, 5.41) is 0. The number of rotatable bonds is 14. The van der Waals surface area contributed by atoms with E-state index in [4.69, 9.17) is 14.2 Å². The van der Waals surface area contributed by atoms with Gasteiger partial charge in [0.2, 0.25) is 0 Å². The van der Waals surface area contributed by atoms with Gasteiger partial charge in [-0.25, -0.2) is 9.80 Å². The third-order valence-electron chi connectivity index (χ3n) is 5.48. The van der Waals surface area contributed by atoms with E-state index in [1.165, 1.54) is 51.4 Å². The normalized spacial score (nSPS) is 19.0. The zero-order valence-corrected chi connectivity index (χ0v) is 19.1. The van der Waals surface area contributed by atoms with Crippen molar-refractivity contribution >= 4 is 0 Å². The van der Waals surface area contributed by atoms with Crippen molar-refractivity contribution < 1.29 is 14.2 Å². The maximum absolute atomic E-state index is 6.32. The molecule has 0 aliphatic carbocycles. The molecule has 0 aromatic heterocycles. The molecule has 29 heavy (non-hydrogen) atoms. The van der Waals surface area contributed by atoms with Crippen LogP contribution in [0.4, 0.5) is 0 Å². The highest BCUT2D eigenvalue weighted by atomic mass is 16.8. The lowest BCUT2D eigenvalue weighted by molar-refractivity contribution is -0.278. The van der Waals surface area contributed by atoms with E-state index in [1.54, 1.807) is 0 Å². The highest BCUT2D eigenvalue weighted by Crippen LogP contribution is 2.25. The zero-order chi connectivity index (χ0) is 20.9. The Morgan fingerprint density at radius 2 is 1.00 bits per heavy atom. The van der Waals surface area contributed by atoms with Gasteiger partial charge in [0.15, 0.2) is 0 Å². The lowest BCUT2D eigenvalue weighted by atomic mass is 10.1. The Morgan fingerprint density at radius 3 is 1.38 bits per heavy atom. The van der Waals surface area contributed by atoms with Gasteiger partial charge in [0.05, 0.1) is 0 Å². The Morgan fingerprint density at radius 1 is 0.621 bits per heavy atom. The number of benzene rings is 1. The van der Waals surface area contributed by atoms with Crippen LogP contribution in [0, 0.1) is 0 Å². The van der Waals surface area contributed by atoms with Gasteiger partial charge in [-0.2, -0.15) is 0 Å². The van der Waals surface area contributed by atoms with Crippen LogP contribution in [0.3, 0.4) is 0 Å². The molecule has 0 saturated heterocycles. The molecule has 0 fully saturated rings. The second-order valence-corrected chi connectivity index (χ2v) is 8.25. The van der Waals surface area contributed by atoms with Crippen molar-refractivity contribution in [2.24, 2.45) is 0 Å². The number of unbranched alkanes of at least 4 members (excludes halogenated alkanes) is 8. The van der Waals surface area contributed by atoms with Crippen molar-refractivity contribution in [2.75, 3.05) is 27.2 Å².